The Hall–Kier alpha value is -1.51. The highest BCUT2D eigenvalue weighted by Gasteiger charge is 2.73. The maximum Gasteiger partial charge on any atom is 0.459 e. The van der Waals surface area contributed by atoms with Crippen molar-refractivity contribution in [3.05, 3.63) is 29.8 Å². The van der Waals surface area contributed by atoms with Crippen LogP contribution in [0.25, 0.3) is 0 Å². The maximum atomic E-state index is 13.8. The molecule has 0 saturated heterocycles. The summed E-state index contributed by atoms with van der Waals surface area (Å²) in [7, 11) is 0.956. The van der Waals surface area contributed by atoms with Gasteiger partial charge in [-0.25, -0.2) is 0 Å². The summed E-state index contributed by atoms with van der Waals surface area (Å²) in [6, 6.07) is 5.47. The second kappa shape index (κ2) is 7.01. The third-order valence-corrected chi connectivity index (χ3v) is 3.64. The molecule has 1 atom stereocenters. The van der Waals surface area contributed by atoms with Crippen molar-refractivity contribution >= 4 is 0 Å². The molecule has 1 aromatic carbocycles. The zero-order chi connectivity index (χ0) is 19.7. The minimum Gasteiger partial charge on any atom is -0.491 e. The lowest BCUT2D eigenvalue weighted by atomic mass is 9.87. The van der Waals surface area contributed by atoms with E-state index in [1.165, 1.54) is 24.3 Å². The Morgan fingerprint density at radius 3 is 2.00 bits per heavy atom. The molecule has 0 aliphatic heterocycles. The number of methoxy groups -OCH3 is 1. The van der Waals surface area contributed by atoms with E-state index < -0.39 is 30.0 Å². The maximum absolute atomic E-state index is 13.8. The van der Waals surface area contributed by atoms with Crippen LogP contribution in [0.5, 0.6) is 5.75 Å². The van der Waals surface area contributed by atoms with Crippen LogP contribution in [0.1, 0.15) is 32.8 Å². The van der Waals surface area contributed by atoms with Gasteiger partial charge in [0.1, 0.15) is 5.75 Å². The van der Waals surface area contributed by atoms with Crippen LogP contribution < -0.4 is 4.74 Å². The predicted octanol–water partition coefficient (Wildman–Crippen LogP) is 5.56. The average molecular weight is 376 g/mol. The van der Waals surface area contributed by atoms with Gasteiger partial charge in [-0.2, -0.15) is 30.7 Å². The molecule has 1 aromatic rings. The minimum absolute atomic E-state index is 0.00852. The lowest BCUT2D eigenvalue weighted by Crippen LogP contribution is -2.54. The van der Waals surface area contributed by atoms with Gasteiger partial charge in [-0.15, -0.1) is 0 Å². The normalized spacial score (nSPS) is 16.0. The minimum atomic E-state index is -6.38. The van der Waals surface area contributed by atoms with Gasteiger partial charge in [-0.05, 0) is 38.5 Å². The predicted molar refractivity (Wildman–Crippen MR) is 77.1 cm³/mol. The van der Waals surface area contributed by atoms with E-state index in [1.807, 2.05) is 0 Å². The van der Waals surface area contributed by atoms with Crippen LogP contribution in [-0.4, -0.2) is 31.2 Å². The summed E-state index contributed by atoms with van der Waals surface area (Å²) in [5.41, 5.74) is -2.10. The number of halogens is 7. The van der Waals surface area contributed by atoms with E-state index in [9.17, 15) is 30.7 Å². The first-order valence-electron chi connectivity index (χ1n) is 7.31. The molecular weight excluding hydrogens is 357 g/mol. The van der Waals surface area contributed by atoms with E-state index in [0.29, 0.717) is 0 Å². The van der Waals surface area contributed by atoms with Crippen molar-refractivity contribution in [3.63, 3.8) is 0 Å². The van der Waals surface area contributed by atoms with Gasteiger partial charge >= 0.3 is 18.0 Å². The molecule has 0 spiro atoms. The van der Waals surface area contributed by atoms with Crippen LogP contribution in [0.4, 0.5) is 30.7 Å². The number of ether oxygens (including phenoxy) is 2. The van der Waals surface area contributed by atoms with Gasteiger partial charge in [0.25, 0.3) is 0 Å². The molecule has 2 nitrogen and oxygen atoms in total. The zero-order valence-electron chi connectivity index (χ0n) is 14.1. The van der Waals surface area contributed by atoms with E-state index in [4.69, 9.17) is 9.47 Å². The fourth-order valence-electron chi connectivity index (χ4n) is 2.20. The Morgan fingerprint density at radius 2 is 1.56 bits per heavy atom. The molecule has 1 rings (SSSR count). The summed E-state index contributed by atoms with van der Waals surface area (Å²) in [6.07, 6.45) is -8.50. The Balaban J connectivity index is 3.23. The van der Waals surface area contributed by atoms with Gasteiger partial charge < -0.3 is 9.47 Å². The summed E-state index contributed by atoms with van der Waals surface area (Å²) in [5.74, 6) is -11.3. The summed E-state index contributed by atoms with van der Waals surface area (Å²) in [5, 5.41) is 0. The highest BCUT2D eigenvalue weighted by atomic mass is 19.4. The second-order valence-electron chi connectivity index (χ2n) is 6.08. The molecule has 1 unspecified atom stereocenters. The highest BCUT2D eigenvalue weighted by molar-refractivity contribution is 5.32. The molecule has 0 aliphatic carbocycles. The summed E-state index contributed by atoms with van der Waals surface area (Å²) >= 11 is 0. The Kier molecular flexibility index (Phi) is 6.04. The van der Waals surface area contributed by atoms with Crippen molar-refractivity contribution in [1.29, 1.82) is 0 Å². The summed E-state index contributed by atoms with van der Waals surface area (Å²) in [4.78, 5) is 0. The largest absolute Gasteiger partial charge is 0.491 e. The molecule has 9 heteroatoms. The van der Waals surface area contributed by atoms with Crippen molar-refractivity contribution in [2.24, 2.45) is 0 Å². The smallest absolute Gasteiger partial charge is 0.459 e. The number of hydrogen-bond acceptors (Lipinski definition) is 2. The quantitative estimate of drug-likeness (QED) is 0.580. The molecular formula is C16H19F7O2. The first kappa shape index (κ1) is 21.5. The molecule has 0 fully saturated rings. The third-order valence-electron chi connectivity index (χ3n) is 3.64. The lowest BCUT2D eigenvalue weighted by molar-refractivity contribution is -0.362. The van der Waals surface area contributed by atoms with Crippen LogP contribution in [0, 0.1) is 0 Å². The van der Waals surface area contributed by atoms with Crippen LogP contribution in [-0.2, 0) is 10.3 Å². The first-order valence-corrected chi connectivity index (χ1v) is 7.31. The zero-order valence-corrected chi connectivity index (χ0v) is 14.1. The van der Waals surface area contributed by atoms with Crippen LogP contribution in [0.3, 0.4) is 0 Å². The van der Waals surface area contributed by atoms with Gasteiger partial charge in [-0.1, -0.05) is 12.1 Å². The molecule has 0 heterocycles. The van der Waals surface area contributed by atoms with Crippen molar-refractivity contribution in [2.45, 2.75) is 56.9 Å². The van der Waals surface area contributed by atoms with Crippen LogP contribution >= 0.6 is 0 Å². The van der Waals surface area contributed by atoms with Crippen molar-refractivity contribution < 1.29 is 40.2 Å². The fraction of sp³-hybridized carbons (Fsp3) is 0.625. The average Bonchev–Trinajstić information content (AvgIpc) is 2.45. The molecule has 144 valence electrons. The van der Waals surface area contributed by atoms with Crippen molar-refractivity contribution in [2.75, 3.05) is 7.11 Å². The summed E-state index contributed by atoms with van der Waals surface area (Å²) < 4.78 is 101. The monoisotopic (exact) mass is 376 g/mol. The van der Waals surface area contributed by atoms with Crippen molar-refractivity contribution in [3.8, 4) is 5.75 Å². The van der Waals surface area contributed by atoms with E-state index in [2.05, 4.69) is 0 Å². The standard InChI is InChI=1S/C16H19F7O2/c1-10(2)25-12-7-5-6-11(8-12)13(3,24-4)9-14(17,18)15(19,20)16(21,22)23/h5-8,10H,9H2,1-4H3. The van der Waals surface area contributed by atoms with Gasteiger partial charge in [0.15, 0.2) is 0 Å². The molecule has 0 amide bonds. The van der Waals surface area contributed by atoms with Crippen LogP contribution in [0.2, 0.25) is 0 Å². The number of rotatable bonds is 7. The molecule has 0 aliphatic rings. The molecule has 0 radical (unpaired) electrons. The van der Waals surface area contributed by atoms with Crippen LogP contribution in [0.15, 0.2) is 24.3 Å². The number of hydrogen-bond donors (Lipinski definition) is 0. The van der Waals surface area contributed by atoms with Crippen molar-refractivity contribution in [1.82, 2.24) is 0 Å². The van der Waals surface area contributed by atoms with E-state index in [-0.39, 0.29) is 17.4 Å². The Morgan fingerprint density at radius 1 is 1.00 bits per heavy atom. The Labute approximate surface area is 140 Å². The Bertz CT molecular complexity index is 584. The first-order chi connectivity index (χ1) is 11.2. The topological polar surface area (TPSA) is 18.5 Å². The highest BCUT2D eigenvalue weighted by Crippen LogP contribution is 2.51. The van der Waals surface area contributed by atoms with E-state index in [1.54, 1.807) is 13.8 Å². The van der Waals surface area contributed by atoms with Gasteiger partial charge in [-0.3, -0.25) is 0 Å². The van der Waals surface area contributed by atoms with E-state index >= 15 is 0 Å². The molecule has 0 aromatic heterocycles. The lowest BCUT2D eigenvalue weighted by Gasteiger charge is -2.36. The molecule has 25 heavy (non-hydrogen) atoms. The fourth-order valence-corrected chi connectivity index (χ4v) is 2.20. The second-order valence-corrected chi connectivity index (χ2v) is 6.08. The molecule has 0 N–H and O–H groups in total. The number of benzene rings is 1. The third kappa shape index (κ3) is 4.56. The summed E-state index contributed by atoms with van der Waals surface area (Å²) in [6.45, 7) is 4.43. The molecule has 0 bridgehead atoms. The number of alkyl halides is 7. The molecule has 0 saturated carbocycles. The SMILES string of the molecule is COC(C)(CC(F)(F)C(F)(F)C(F)(F)F)c1cccc(OC(C)C)c1. The van der Waals surface area contributed by atoms with Gasteiger partial charge in [0.2, 0.25) is 0 Å². The van der Waals surface area contributed by atoms with E-state index in [0.717, 1.165) is 14.0 Å². The van der Waals surface area contributed by atoms with Gasteiger partial charge in [0.05, 0.1) is 18.1 Å². The van der Waals surface area contributed by atoms with Gasteiger partial charge in [0, 0.05) is 7.11 Å².